The first-order valence-corrected chi connectivity index (χ1v) is 7.16. The Morgan fingerprint density at radius 2 is 2.24 bits per heavy atom. The Balaban J connectivity index is 2.76. The van der Waals surface area contributed by atoms with E-state index in [2.05, 4.69) is 5.32 Å². The van der Waals surface area contributed by atoms with Gasteiger partial charge in [0.2, 0.25) is 0 Å². The smallest absolute Gasteiger partial charge is 0.253 e. The number of carbonyl (C=O) groups is 1. The van der Waals surface area contributed by atoms with Crippen LogP contribution in [0.25, 0.3) is 0 Å². The fourth-order valence-electron chi connectivity index (χ4n) is 1.42. The lowest BCUT2D eigenvalue weighted by Gasteiger charge is -2.13. The van der Waals surface area contributed by atoms with Crippen molar-refractivity contribution in [2.45, 2.75) is 13.0 Å². The van der Waals surface area contributed by atoms with E-state index in [0.717, 1.165) is 0 Å². The van der Waals surface area contributed by atoms with Crippen molar-refractivity contribution in [1.82, 2.24) is 5.32 Å². The predicted molar refractivity (Wildman–Crippen MR) is 71.7 cm³/mol. The number of nitrogens with two attached hydrogens (primary N) is 1. The maximum atomic E-state index is 11.9. The zero-order valence-corrected chi connectivity index (χ0v) is 11.3. The molecule has 0 saturated heterocycles. The minimum absolute atomic E-state index is 0.174. The lowest BCUT2D eigenvalue weighted by molar-refractivity contribution is 0.0944. The first-order valence-electron chi connectivity index (χ1n) is 5.06. The zero-order chi connectivity index (χ0) is 13.0. The first kappa shape index (κ1) is 14.0. The van der Waals surface area contributed by atoms with Gasteiger partial charge >= 0.3 is 0 Å². The second-order valence-electron chi connectivity index (χ2n) is 3.85. The van der Waals surface area contributed by atoms with Crippen LogP contribution in [-0.4, -0.2) is 28.2 Å². The van der Waals surface area contributed by atoms with Gasteiger partial charge in [-0.1, -0.05) is 11.6 Å². The van der Waals surface area contributed by atoms with Crippen molar-refractivity contribution in [2.75, 3.05) is 17.7 Å². The van der Waals surface area contributed by atoms with Crippen LogP contribution in [0.2, 0.25) is 5.02 Å². The normalized spacial score (nSPS) is 14.1. The van der Waals surface area contributed by atoms with Crippen LogP contribution in [-0.2, 0) is 10.8 Å². The topological polar surface area (TPSA) is 72.2 Å². The standard InChI is InChI=1S/C11H15ClN2O2S/c1-7(6-17(2)16)14-11(15)9-5-8(12)3-4-10(9)13/h3-5,7H,6,13H2,1-2H3,(H,14,15). The van der Waals surface area contributed by atoms with Gasteiger partial charge in [-0.05, 0) is 25.1 Å². The van der Waals surface area contributed by atoms with Gasteiger partial charge in [-0.25, -0.2) is 0 Å². The minimum atomic E-state index is -0.950. The van der Waals surface area contributed by atoms with Crippen LogP contribution in [0.3, 0.4) is 0 Å². The summed E-state index contributed by atoms with van der Waals surface area (Å²) < 4.78 is 11.0. The molecule has 0 aliphatic heterocycles. The third kappa shape index (κ3) is 4.36. The van der Waals surface area contributed by atoms with Gasteiger partial charge in [0.15, 0.2) is 0 Å². The Labute approximate surface area is 108 Å². The molecule has 1 aromatic rings. The number of nitrogens with one attached hydrogen (secondary N) is 1. The van der Waals surface area contributed by atoms with E-state index in [1.54, 1.807) is 25.3 Å². The number of hydrogen-bond donors (Lipinski definition) is 2. The Kier molecular flexibility index (Phi) is 4.96. The highest BCUT2D eigenvalue weighted by Crippen LogP contribution is 2.17. The number of amides is 1. The molecule has 2 unspecified atom stereocenters. The Morgan fingerprint density at radius 3 is 2.82 bits per heavy atom. The molecule has 0 spiro atoms. The maximum absolute atomic E-state index is 11.9. The highest BCUT2D eigenvalue weighted by atomic mass is 35.5. The summed E-state index contributed by atoms with van der Waals surface area (Å²) in [5, 5.41) is 3.18. The number of halogens is 1. The van der Waals surface area contributed by atoms with Crippen LogP contribution < -0.4 is 11.1 Å². The molecule has 1 aromatic carbocycles. The van der Waals surface area contributed by atoms with Crippen molar-refractivity contribution in [3.8, 4) is 0 Å². The molecular formula is C11H15ClN2O2S. The molecule has 2 atom stereocenters. The molecule has 0 fully saturated rings. The summed E-state index contributed by atoms with van der Waals surface area (Å²) in [4.78, 5) is 11.9. The third-order valence-electron chi connectivity index (χ3n) is 2.12. The van der Waals surface area contributed by atoms with Crippen molar-refractivity contribution < 1.29 is 9.00 Å². The number of carbonyl (C=O) groups excluding carboxylic acids is 1. The van der Waals surface area contributed by atoms with Gasteiger partial charge in [0.05, 0.1) is 5.56 Å². The fraction of sp³-hybridized carbons (Fsp3) is 0.364. The molecule has 17 heavy (non-hydrogen) atoms. The lowest BCUT2D eigenvalue weighted by Crippen LogP contribution is -2.36. The van der Waals surface area contributed by atoms with Crippen LogP contribution in [0.5, 0.6) is 0 Å². The number of rotatable bonds is 4. The second kappa shape index (κ2) is 6.02. The van der Waals surface area contributed by atoms with Crippen molar-refractivity contribution in [3.63, 3.8) is 0 Å². The van der Waals surface area contributed by atoms with Crippen LogP contribution in [0.1, 0.15) is 17.3 Å². The Morgan fingerprint density at radius 1 is 1.59 bits per heavy atom. The van der Waals surface area contributed by atoms with Gasteiger partial charge in [-0.3, -0.25) is 9.00 Å². The summed E-state index contributed by atoms with van der Waals surface area (Å²) >= 11 is 5.80. The molecule has 6 heteroatoms. The van der Waals surface area contributed by atoms with Gasteiger partial charge in [0.25, 0.3) is 5.91 Å². The number of nitrogen functional groups attached to an aromatic ring is 1. The summed E-state index contributed by atoms with van der Waals surface area (Å²) in [6.45, 7) is 1.79. The molecule has 0 aliphatic rings. The van der Waals surface area contributed by atoms with Gasteiger partial charge in [-0.2, -0.15) is 0 Å². The molecule has 3 N–H and O–H groups in total. The van der Waals surface area contributed by atoms with E-state index in [0.29, 0.717) is 22.0 Å². The molecule has 1 amide bonds. The van der Waals surface area contributed by atoms with Gasteiger partial charge < -0.3 is 11.1 Å². The van der Waals surface area contributed by atoms with E-state index in [1.807, 2.05) is 0 Å². The summed E-state index contributed by atoms with van der Waals surface area (Å²) in [7, 11) is -0.950. The van der Waals surface area contributed by atoms with Crippen molar-refractivity contribution in [1.29, 1.82) is 0 Å². The van der Waals surface area contributed by atoms with E-state index < -0.39 is 10.8 Å². The van der Waals surface area contributed by atoms with Crippen LogP contribution in [0, 0.1) is 0 Å². The van der Waals surface area contributed by atoms with Crippen LogP contribution in [0.15, 0.2) is 18.2 Å². The van der Waals surface area contributed by atoms with Crippen LogP contribution in [0.4, 0.5) is 5.69 Å². The summed E-state index contributed by atoms with van der Waals surface area (Å²) in [5.41, 5.74) is 6.40. The minimum Gasteiger partial charge on any atom is -0.398 e. The quantitative estimate of drug-likeness (QED) is 0.816. The lowest BCUT2D eigenvalue weighted by atomic mass is 10.1. The number of anilines is 1. The van der Waals surface area contributed by atoms with E-state index in [9.17, 15) is 9.00 Å². The van der Waals surface area contributed by atoms with Crippen molar-refractivity contribution in [3.05, 3.63) is 28.8 Å². The average molecular weight is 275 g/mol. The third-order valence-corrected chi connectivity index (χ3v) is 3.33. The Hall–Kier alpha value is -1.07. The van der Waals surface area contributed by atoms with Crippen LogP contribution >= 0.6 is 11.6 Å². The molecule has 94 valence electrons. The average Bonchev–Trinajstić information content (AvgIpc) is 2.20. The first-order chi connectivity index (χ1) is 7.90. The molecule has 0 heterocycles. The number of hydrogen-bond acceptors (Lipinski definition) is 3. The highest BCUT2D eigenvalue weighted by molar-refractivity contribution is 7.84. The predicted octanol–water partition coefficient (Wildman–Crippen LogP) is 1.42. The highest BCUT2D eigenvalue weighted by Gasteiger charge is 2.13. The molecule has 0 bridgehead atoms. The van der Waals surface area contributed by atoms with Crippen molar-refractivity contribution >= 4 is 34.0 Å². The van der Waals surface area contributed by atoms with Gasteiger partial charge in [-0.15, -0.1) is 0 Å². The monoisotopic (exact) mass is 274 g/mol. The Bertz CT molecular complexity index is 451. The second-order valence-corrected chi connectivity index (χ2v) is 5.76. The van der Waals surface area contributed by atoms with E-state index in [1.165, 1.54) is 6.07 Å². The molecular weight excluding hydrogens is 260 g/mol. The molecule has 1 rings (SSSR count). The van der Waals surface area contributed by atoms with E-state index in [4.69, 9.17) is 17.3 Å². The summed E-state index contributed by atoms with van der Waals surface area (Å²) in [6, 6.07) is 4.55. The molecule has 0 aliphatic carbocycles. The fourth-order valence-corrected chi connectivity index (χ4v) is 2.38. The van der Waals surface area contributed by atoms with E-state index in [-0.39, 0.29) is 11.9 Å². The number of benzene rings is 1. The molecule has 0 saturated carbocycles. The molecule has 0 radical (unpaired) electrons. The summed E-state index contributed by atoms with van der Waals surface area (Å²) in [5.74, 6) is 0.106. The van der Waals surface area contributed by atoms with E-state index >= 15 is 0 Å². The summed E-state index contributed by atoms with van der Waals surface area (Å²) in [6.07, 6.45) is 1.59. The molecule has 0 aromatic heterocycles. The van der Waals surface area contributed by atoms with Gasteiger partial charge in [0.1, 0.15) is 0 Å². The molecule has 4 nitrogen and oxygen atoms in total. The van der Waals surface area contributed by atoms with Crippen molar-refractivity contribution in [2.24, 2.45) is 0 Å². The zero-order valence-electron chi connectivity index (χ0n) is 9.70. The largest absolute Gasteiger partial charge is 0.398 e. The SMILES string of the molecule is CC(CS(C)=O)NC(=O)c1cc(Cl)ccc1N. The van der Waals surface area contributed by atoms with Gasteiger partial charge in [0, 0.05) is 39.6 Å². The maximum Gasteiger partial charge on any atom is 0.253 e.